The Bertz CT molecular complexity index is 1530. The Kier molecular flexibility index (Phi) is 9.97. The van der Waals surface area contributed by atoms with Crippen molar-refractivity contribution >= 4 is 46.9 Å². The number of aromatic nitrogens is 3. The summed E-state index contributed by atoms with van der Waals surface area (Å²) in [4.78, 5) is 47.9. The minimum Gasteiger partial charge on any atom is -0.454 e. The third-order valence-electron chi connectivity index (χ3n) is 6.67. The SMILES string of the molecule is CC(C)(CNC(=O)C(=O)NN)CNC(=O)c1ccc(Nc2nc(NC3(c4ccc(Cl)cc4)CC3)nc(OCC(F)(F)F)n2)cc1. The van der Waals surface area contributed by atoms with Crippen LogP contribution < -0.4 is 37.3 Å². The van der Waals surface area contributed by atoms with E-state index < -0.39 is 47.5 Å². The summed E-state index contributed by atoms with van der Waals surface area (Å²) >= 11 is 6.01. The Morgan fingerprint density at radius 2 is 1.53 bits per heavy atom. The second-order valence-corrected chi connectivity index (χ2v) is 11.5. The number of carbonyl (C=O) groups excluding carboxylic acids is 3. The van der Waals surface area contributed by atoms with Crippen molar-refractivity contribution in [2.45, 2.75) is 38.4 Å². The highest BCUT2D eigenvalue weighted by Crippen LogP contribution is 2.48. The van der Waals surface area contributed by atoms with Crippen molar-refractivity contribution in [1.29, 1.82) is 0 Å². The molecule has 7 N–H and O–H groups in total. The summed E-state index contributed by atoms with van der Waals surface area (Å²) in [7, 11) is 0. The number of benzene rings is 2. The molecule has 0 aliphatic heterocycles. The molecular formula is C28H31ClF3N9O4. The fourth-order valence-corrected chi connectivity index (χ4v) is 4.18. The molecule has 13 nitrogen and oxygen atoms in total. The number of hydrogen-bond acceptors (Lipinski definition) is 10. The summed E-state index contributed by atoms with van der Waals surface area (Å²) in [6, 6.07) is 12.8. The number of halogens is 4. The highest BCUT2D eigenvalue weighted by Gasteiger charge is 2.45. The lowest BCUT2D eigenvalue weighted by molar-refractivity contribution is -0.154. The number of nitrogens with two attached hydrogens (primary N) is 1. The first-order valence-corrected chi connectivity index (χ1v) is 14.0. The number of rotatable bonds is 12. The van der Waals surface area contributed by atoms with Gasteiger partial charge in [-0.15, -0.1) is 0 Å². The van der Waals surface area contributed by atoms with Crippen LogP contribution in [0.3, 0.4) is 0 Å². The molecule has 0 atom stereocenters. The number of nitrogens with zero attached hydrogens (tertiary/aromatic N) is 3. The quantitative estimate of drug-likeness (QED) is 0.0737. The Hall–Kier alpha value is -4.70. The van der Waals surface area contributed by atoms with Gasteiger partial charge in [0, 0.05) is 29.4 Å². The van der Waals surface area contributed by atoms with Gasteiger partial charge in [-0.1, -0.05) is 37.6 Å². The van der Waals surface area contributed by atoms with E-state index in [4.69, 9.17) is 22.2 Å². The van der Waals surface area contributed by atoms with Crippen LogP contribution in [0.1, 0.15) is 42.6 Å². The van der Waals surface area contributed by atoms with Crippen LogP contribution in [0.2, 0.25) is 5.02 Å². The van der Waals surface area contributed by atoms with Crippen LogP contribution in [-0.2, 0) is 15.1 Å². The smallest absolute Gasteiger partial charge is 0.422 e. The van der Waals surface area contributed by atoms with Gasteiger partial charge in [-0.05, 0) is 60.2 Å². The van der Waals surface area contributed by atoms with Gasteiger partial charge in [-0.3, -0.25) is 19.8 Å². The molecule has 1 aliphatic rings. The van der Waals surface area contributed by atoms with Gasteiger partial charge in [-0.25, -0.2) is 5.84 Å². The minimum absolute atomic E-state index is 0.00980. The maximum atomic E-state index is 12.9. The monoisotopic (exact) mass is 649 g/mol. The second kappa shape index (κ2) is 13.5. The lowest BCUT2D eigenvalue weighted by atomic mass is 9.93. The van der Waals surface area contributed by atoms with Crippen LogP contribution in [0.25, 0.3) is 0 Å². The van der Waals surface area contributed by atoms with Gasteiger partial charge in [0.2, 0.25) is 11.9 Å². The van der Waals surface area contributed by atoms with Gasteiger partial charge in [0.15, 0.2) is 6.61 Å². The molecule has 240 valence electrons. The molecule has 1 saturated carbocycles. The van der Waals surface area contributed by atoms with Gasteiger partial charge in [-0.2, -0.15) is 28.1 Å². The largest absolute Gasteiger partial charge is 0.454 e. The van der Waals surface area contributed by atoms with Crippen molar-refractivity contribution in [1.82, 2.24) is 31.0 Å². The molecule has 3 amide bonds. The van der Waals surface area contributed by atoms with E-state index in [-0.39, 0.29) is 25.0 Å². The molecule has 2 aromatic carbocycles. The summed E-state index contributed by atoms with van der Waals surface area (Å²) < 4.78 is 43.4. The van der Waals surface area contributed by atoms with Crippen LogP contribution >= 0.6 is 11.6 Å². The van der Waals surface area contributed by atoms with Crippen molar-refractivity contribution in [2.75, 3.05) is 30.3 Å². The van der Waals surface area contributed by atoms with Crippen LogP contribution in [0.5, 0.6) is 6.01 Å². The zero-order chi connectivity index (χ0) is 32.8. The second-order valence-electron chi connectivity index (χ2n) is 11.1. The van der Waals surface area contributed by atoms with E-state index in [0.29, 0.717) is 16.3 Å². The average Bonchev–Trinajstić information content (AvgIpc) is 3.77. The number of carbonyl (C=O) groups is 3. The normalized spacial score (nSPS) is 13.8. The average molecular weight is 650 g/mol. The highest BCUT2D eigenvalue weighted by molar-refractivity contribution is 6.34. The predicted molar refractivity (Wildman–Crippen MR) is 159 cm³/mol. The molecule has 0 radical (unpaired) electrons. The van der Waals surface area contributed by atoms with Crippen LogP contribution in [0.15, 0.2) is 48.5 Å². The molecule has 1 aliphatic carbocycles. The number of hydrogen-bond donors (Lipinski definition) is 6. The molecule has 1 aromatic heterocycles. The Morgan fingerprint density at radius 1 is 0.911 bits per heavy atom. The molecule has 3 aromatic rings. The van der Waals surface area contributed by atoms with E-state index in [1.165, 1.54) is 12.1 Å². The number of ether oxygens (including phenoxy) is 1. The van der Waals surface area contributed by atoms with Crippen LogP contribution in [0.4, 0.5) is 30.8 Å². The molecule has 0 bridgehead atoms. The Labute approximate surface area is 260 Å². The standard InChI is InChI=1S/C28H31ClF3N9O4/c1-26(2,14-35-21(43)22(44)41-33)13-34-20(42)16-3-9-19(10-4-16)36-23-37-24(39-25(38-23)45-15-28(30,31)32)40-27(11-12-27)17-5-7-18(29)8-6-17/h3-10H,11-15,33H2,1-2H3,(H,34,42)(H,35,43)(H,41,44)(H2,36,37,38,39,40). The number of hydrazine groups is 1. The fourth-order valence-electron chi connectivity index (χ4n) is 4.06. The summed E-state index contributed by atoms with van der Waals surface area (Å²) in [6.45, 7) is 2.25. The van der Waals surface area contributed by atoms with Crippen LogP contribution in [-0.4, -0.2) is 58.5 Å². The van der Waals surface area contributed by atoms with Gasteiger partial charge >= 0.3 is 24.0 Å². The van der Waals surface area contributed by atoms with E-state index in [2.05, 4.69) is 36.2 Å². The first kappa shape index (κ1) is 33.2. The summed E-state index contributed by atoms with van der Waals surface area (Å²) in [5, 5.41) is 11.9. The summed E-state index contributed by atoms with van der Waals surface area (Å²) in [6.07, 6.45) is -3.12. The molecule has 0 unspecified atom stereocenters. The number of alkyl halides is 3. The molecule has 45 heavy (non-hydrogen) atoms. The first-order chi connectivity index (χ1) is 21.2. The molecule has 0 saturated heterocycles. The van der Waals surface area contributed by atoms with Gasteiger partial charge < -0.3 is 26.0 Å². The summed E-state index contributed by atoms with van der Waals surface area (Å²) in [5.74, 6) is 2.59. The zero-order valence-electron chi connectivity index (χ0n) is 24.2. The molecule has 17 heteroatoms. The molecular weight excluding hydrogens is 619 g/mol. The predicted octanol–water partition coefficient (Wildman–Crippen LogP) is 3.17. The molecule has 1 heterocycles. The van der Waals surface area contributed by atoms with Crippen molar-refractivity contribution in [3.05, 3.63) is 64.7 Å². The van der Waals surface area contributed by atoms with E-state index in [1.807, 2.05) is 12.1 Å². The highest BCUT2D eigenvalue weighted by atomic mass is 35.5. The molecule has 0 spiro atoms. The van der Waals surface area contributed by atoms with Crippen molar-refractivity contribution in [2.24, 2.45) is 11.3 Å². The number of amides is 3. The Balaban J connectivity index is 1.42. The lowest BCUT2D eigenvalue weighted by Crippen LogP contribution is -2.47. The van der Waals surface area contributed by atoms with Crippen molar-refractivity contribution in [3.8, 4) is 6.01 Å². The van der Waals surface area contributed by atoms with Gasteiger partial charge in [0.1, 0.15) is 0 Å². The maximum absolute atomic E-state index is 12.9. The maximum Gasteiger partial charge on any atom is 0.422 e. The molecule has 1 fully saturated rings. The third kappa shape index (κ3) is 9.64. The van der Waals surface area contributed by atoms with E-state index in [0.717, 1.165) is 18.4 Å². The topological polar surface area (TPSA) is 185 Å². The van der Waals surface area contributed by atoms with Gasteiger partial charge in [0.05, 0.1) is 5.54 Å². The van der Waals surface area contributed by atoms with Crippen molar-refractivity contribution in [3.63, 3.8) is 0 Å². The van der Waals surface area contributed by atoms with Gasteiger partial charge in [0.25, 0.3) is 5.91 Å². The Morgan fingerprint density at radius 3 is 2.13 bits per heavy atom. The van der Waals surface area contributed by atoms with E-state index >= 15 is 0 Å². The third-order valence-corrected chi connectivity index (χ3v) is 6.93. The fraction of sp³-hybridized carbons (Fsp3) is 0.357. The number of nitrogens with one attached hydrogen (secondary N) is 5. The molecule has 4 rings (SSSR count). The zero-order valence-corrected chi connectivity index (χ0v) is 25.0. The first-order valence-electron chi connectivity index (χ1n) is 13.6. The minimum atomic E-state index is -4.60. The number of anilines is 3. The van der Waals surface area contributed by atoms with E-state index in [1.54, 1.807) is 43.5 Å². The summed E-state index contributed by atoms with van der Waals surface area (Å²) in [5.41, 5.74) is 2.30. The van der Waals surface area contributed by atoms with E-state index in [9.17, 15) is 27.6 Å². The van der Waals surface area contributed by atoms with Crippen molar-refractivity contribution < 1.29 is 32.3 Å². The lowest BCUT2D eigenvalue weighted by Gasteiger charge is -2.25. The van der Waals surface area contributed by atoms with Crippen LogP contribution in [0, 0.1) is 5.41 Å².